The van der Waals surface area contributed by atoms with Crippen LogP contribution >= 0.6 is 0 Å². The molecule has 0 bridgehead atoms. The zero-order valence-electron chi connectivity index (χ0n) is 8.59. The van der Waals surface area contributed by atoms with Crippen molar-refractivity contribution in [2.45, 2.75) is 19.1 Å². The fraction of sp³-hybridized carbons (Fsp3) is 0.250. The van der Waals surface area contributed by atoms with Crippen molar-refractivity contribution in [2.24, 2.45) is 5.73 Å². The Morgan fingerprint density at radius 3 is 2.87 bits per heavy atom. The van der Waals surface area contributed by atoms with Crippen LogP contribution in [0.3, 0.4) is 0 Å². The van der Waals surface area contributed by atoms with Crippen LogP contribution in [-0.2, 0) is 0 Å². The third-order valence-electron chi connectivity index (χ3n) is 2.47. The molecule has 0 aliphatic carbocycles. The van der Waals surface area contributed by atoms with Crippen LogP contribution in [0.2, 0.25) is 0 Å². The zero-order valence-corrected chi connectivity index (χ0v) is 8.59. The van der Waals surface area contributed by atoms with Crippen molar-refractivity contribution in [1.82, 2.24) is 4.98 Å². The first-order valence-electron chi connectivity index (χ1n) is 4.97. The number of nitrogens with zero attached hydrogens (tertiary/aromatic N) is 1. The number of pyridine rings is 1. The average molecular weight is 202 g/mol. The lowest BCUT2D eigenvalue weighted by molar-refractivity contribution is 0.153. The minimum absolute atomic E-state index is 0.272. The predicted molar refractivity (Wildman–Crippen MR) is 60.4 cm³/mol. The Morgan fingerprint density at radius 2 is 2.13 bits per heavy atom. The standard InChI is InChI=1S/C12H14N2O/c1-8(13)12(15)10-5-4-9-3-2-6-14-11(9)7-10/h2-8,12,15H,13H2,1H3/t8-,12-/m1/s1. The minimum atomic E-state index is -0.628. The first-order chi connectivity index (χ1) is 7.18. The fourth-order valence-electron chi connectivity index (χ4n) is 1.57. The molecule has 0 radical (unpaired) electrons. The number of benzene rings is 1. The number of hydrogen-bond acceptors (Lipinski definition) is 3. The van der Waals surface area contributed by atoms with Gasteiger partial charge in [-0.15, -0.1) is 0 Å². The van der Waals surface area contributed by atoms with E-state index in [1.807, 2.05) is 30.3 Å². The van der Waals surface area contributed by atoms with E-state index >= 15 is 0 Å². The molecule has 0 fully saturated rings. The second-order valence-corrected chi connectivity index (χ2v) is 3.76. The maximum Gasteiger partial charge on any atom is 0.0938 e. The first kappa shape index (κ1) is 10.1. The van der Waals surface area contributed by atoms with Crippen molar-refractivity contribution < 1.29 is 5.11 Å². The molecule has 0 aliphatic rings. The average Bonchev–Trinajstić information content (AvgIpc) is 2.27. The van der Waals surface area contributed by atoms with Gasteiger partial charge in [-0.2, -0.15) is 0 Å². The van der Waals surface area contributed by atoms with Gasteiger partial charge in [0.2, 0.25) is 0 Å². The molecule has 1 aromatic heterocycles. The third-order valence-corrected chi connectivity index (χ3v) is 2.47. The number of fused-ring (bicyclic) bond motifs is 1. The summed E-state index contributed by atoms with van der Waals surface area (Å²) in [6.45, 7) is 1.79. The van der Waals surface area contributed by atoms with Crippen molar-refractivity contribution in [3.05, 3.63) is 42.1 Å². The van der Waals surface area contributed by atoms with Crippen molar-refractivity contribution in [3.63, 3.8) is 0 Å². The summed E-state index contributed by atoms with van der Waals surface area (Å²) < 4.78 is 0. The van der Waals surface area contributed by atoms with Gasteiger partial charge in [0.15, 0.2) is 0 Å². The van der Waals surface area contributed by atoms with E-state index < -0.39 is 6.10 Å². The van der Waals surface area contributed by atoms with Crippen molar-refractivity contribution in [3.8, 4) is 0 Å². The van der Waals surface area contributed by atoms with Crippen LogP contribution < -0.4 is 5.73 Å². The van der Waals surface area contributed by atoms with Gasteiger partial charge in [-0.05, 0) is 24.6 Å². The minimum Gasteiger partial charge on any atom is -0.387 e. The van der Waals surface area contributed by atoms with E-state index in [9.17, 15) is 5.11 Å². The topological polar surface area (TPSA) is 59.1 Å². The van der Waals surface area contributed by atoms with Crippen molar-refractivity contribution in [2.75, 3.05) is 0 Å². The Labute approximate surface area is 88.6 Å². The molecule has 2 aromatic rings. The van der Waals surface area contributed by atoms with E-state index in [4.69, 9.17) is 5.73 Å². The second kappa shape index (κ2) is 3.96. The summed E-state index contributed by atoms with van der Waals surface area (Å²) >= 11 is 0. The Bertz CT molecular complexity index is 468. The first-order valence-corrected chi connectivity index (χ1v) is 4.97. The normalized spacial score (nSPS) is 15.1. The molecule has 0 saturated heterocycles. The molecule has 0 aliphatic heterocycles. The van der Waals surface area contributed by atoms with E-state index in [1.54, 1.807) is 13.1 Å². The maximum absolute atomic E-state index is 9.80. The molecule has 78 valence electrons. The van der Waals surface area contributed by atoms with E-state index in [-0.39, 0.29) is 6.04 Å². The third kappa shape index (κ3) is 1.98. The molecular weight excluding hydrogens is 188 g/mol. The van der Waals surface area contributed by atoms with E-state index in [2.05, 4.69) is 4.98 Å². The molecule has 2 rings (SSSR count). The highest BCUT2D eigenvalue weighted by Crippen LogP contribution is 2.20. The summed E-state index contributed by atoms with van der Waals surface area (Å²) in [4.78, 5) is 4.23. The van der Waals surface area contributed by atoms with Gasteiger partial charge >= 0.3 is 0 Å². The highest BCUT2D eigenvalue weighted by Gasteiger charge is 2.12. The van der Waals surface area contributed by atoms with Crippen LogP contribution in [0.4, 0.5) is 0 Å². The molecule has 3 heteroatoms. The molecule has 3 nitrogen and oxygen atoms in total. The zero-order chi connectivity index (χ0) is 10.8. The lowest BCUT2D eigenvalue weighted by Gasteiger charge is -2.14. The fourth-order valence-corrected chi connectivity index (χ4v) is 1.57. The summed E-state index contributed by atoms with van der Waals surface area (Å²) in [7, 11) is 0. The SMILES string of the molecule is C[C@@H](N)[C@@H](O)c1ccc2cccnc2c1. The summed E-state index contributed by atoms with van der Waals surface area (Å²) in [5.74, 6) is 0. The van der Waals surface area contributed by atoms with Crippen LogP contribution in [0.1, 0.15) is 18.6 Å². The summed E-state index contributed by atoms with van der Waals surface area (Å²) in [5.41, 5.74) is 7.34. The molecule has 2 atom stereocenters. The van der Waals surface area contributed by atoms with Crippen LogP contribution in [0.5, 0.6) is 0 Å². The molecule has 0 saturated carbocycles. The summed E-state index contributed by atoms with van der Waals surface area (Å²) in [6.07, 6.45) is 1.11. The van der Waals surface area contributed by atoms with E-state index in [0.717, 1.165) is 16.5 Å². The van der Waals surface area contributed by atoms with Crippen LogP contribution in [0.25, 0.3) is 10.9 Å². The van der Waals surface area contributed by atoms with Gasteiger partial charge in [0.25, 0.3) is 0 Å². The van der Waals surface area contributed by atoms with Gasteiger partial charge in [0.1, 0.15) is 0 Å². The number of aromatic nitrogens is 1. The van der Waals surface area contributed by atoms with Crippen LogP contribution in [0, 0.1) is 0 Å². The van der Waals surface area contributed by atoms with Gasteiger partial charge < -0.3 is 10.8 Å². The van der Waals surface area contributed by atoms with E-state index in [1.165, 1.54) is 0 Å². The molecule has 0 spiro atoms. The van der Waals surface area contributed by atoms with Crippen LogP contribution in [0.15, 0.2) is 36.5 Å². The molecule has 15 heavy (non-hydrogen) atoms. The summed E-state index contributed by atoms with van der Waals surface area (Å²) in [6, 6.07) is 9.32. The largest absolute Gasteiger partial charge is 0.387 e. The van der Waals surface area contributed by atoms with Gasteiger partial charge in [-0.1, -0.05) is 18.2 Å². The number of aliphatic hydroxyl groups excluding tert-OH is 1. The Morgan fingerprint density at radius 1 is 1.33 bits per heavy atom. The highest BCUT2D eigenvalue weighted by atomic mass is 16.3. The van der Waals surface area contributed by atoms with E-state index in [0.29, 0.717) is 0 Å². The quantitative estimate of drug-likeness (QED) is 0.778. The lowest BCUT2D eigenvalue weighted by atomic mass is 10.0. The molecule has 0 amide bonds. The monoisotopic (exact) mass is 202 g/mol. The second-order valence-electron chi connectivity index (χ2n) is 3.76. The maximum atomic E-state index is 9.80. The molecule has 0 unspecified atom stereocenters. The number of rotatable bonds is 2. The van der Waals surface area contributed by atoms with Gasteiger partial charge in [0.05, 0.1) is 11.6 Å². The molecule has 1 aromatic carbocycles. The smallest absolute Gasteiger partial charge is 0.0938 e. The Hall–Kier alpha value is -1.45. The molecular formula is C12H14N2O. The lowest BCUT2D eigenvalue weighted by Crippen LogP contribution is -2.24. The molecule has 3 N–H and O–H groups in total. The van der Waals surface area contributed by atoms with Crippen LogP contribution in [-0.4, -0.2) is 16.1 Å². The van der Waals surface area contributed by atoms with Crippen molar-refractivity contribution in [1.29, 1.82) is 0 Å². The number of aliphatic hydroxyl groups is 1. The van der Waals surface area contributed by atoms with Crippen molar-refractivity contribution >= 4 is 10.9 Å². The Balaban J connectivity index is 2.47. The van der Waals surface area contributed by atoms with Gasteiger partial charge in [-0.25, -0.2) is 0 Å². The van der Waals surface area contributed by atoms with Gasteiger partial charge in [0, 0.05) is 17.6 Å². The number of nitrogens with two attached hydrogens (primary N) is 1. The molecule has 1 heterocycles. The summed E-state index contributed by atoms with van der Waals surface area (Å²) in [5, 5.41) is 10.9. The highest BCUT2D eigenvalue weighted by molar-refractivity contribution is 5.78. The Kier molecular flexibility index (Phi) is 2.66. The predicted octanol–water partition coefficient (Wildman–Crippen LogP) is 1.62. The van der Waals surface area contributed by atoms with Gasteiger partial charge in [-0.3, -0.25) is 4.98 Å². The number of hydrogen-bond donors (Lipinski definition) is 2.